The molecule has 0 unspecified atom stereocenters. The first-order valence-electron chi connectivity index (χ1n) is 6.97. The second-order valence-corrected chi connectivity index (χ2v) is 6.59. The smallest absolute Gasteiger partial charge is 0.351 e. The molecule has 0 aliphatic carbocycles. The minimum Gasteiger partial charge on any atom is -0.351 e. The third kappa shape index (κ3) is 6.00. The Morgan fingerprint density at radius 2 is 1.57 bits per heavy atom. The van der Waals surface area contributed by atoms with Crippen LogP contribution in [0.3, 0.4) is 0 Å². The molecule has 0 N–H and O–H groups in total. The van der Waals surface area contributed by atoms with Gasteiger partial charge in [0.25, 0.3) is 0 Å². The second-order valence-electron chi connectivity index (χ2n) is 4.68. The second kappa shape index (κ2) is 7.98. The molecule has 0 amide bonds. The molecule has 0 bridgehead atoms. The highest BCUT2D eigenvalue weighted by atomic mass is 32.2. The Balaban J connectivity index is 3.07. The van der Waals surface area contributed by atoms with Crippen molar-refractivity contribution in [1.29, 1.82) is 0 Å². The van der Waals surface area contributed by atoms with Crippen molar-refractivity contribution in [2.24, 2.45) is 0 Å². The Morgan fingerprint density at radius 1 is 1.09 bits per heavy atom. The maximum absolute atomic E-state index is 12.6. The van der Waals surface area contributed by atoms with Crippen molar-refractivity contribution in [3.8, 4) is 0 Å². The van der Waals surface area contributed by atoms with E-state index in [1.54, 1.807) is 13.8 Å². The summed E-state index contributed by atoms with van der Waals surface area (Å²) in [7, 11) is -3.71. The van der Waals surface area contributed by atoms with Crippen molar-refractivity contribution in [2.45, 2.75) is 26.3 Å². The molecule has 132 valence electrons. The minimum atomic E-state index is -4.48. The number of alkyl halides is 3. The van der Waals surface area contributed by atoms with Crippen molar-refractivity contribution in [3.05, 3.63) is 29.8 Å². The lowest BCUT2D eigenvalue weighted by Crippen LogP contribution is -2.39. The van der Waals surface area contributed by atoms with E-state index in [2.05, 4.69) is 0 Å². The van der Waals surface area contributed by atoms with Crippen molar-refractivity contribution in [2.75, 3.05) is 30.3 Å². The van der Waals surface area contributed by atoms with Gasteiger partial charge in [0.2, 0.25) is 10.0 Å². The summed E-state index contributed by atoms with van der Waals surface area (Å²) in [6.07, 6.45) is -4.31. The van der Waals surface area contributed by atoms with Gasteiger partial charge < -0.3 is 9.47 Å². The molecule has 1 rings (SSSR count). The van der Waals surface area contributed by atoms with Crippen molar-refractivity contribution in [3.63, 3.8) is 0 Å². The summed E-state index contributed by atoms with van der Waals surface area (Å²) in [6.45, 7) is 3.94. The number of benzene rings is 1. The first-order valence-corrected chi connectivity index (χ1v) is 8.82. The fourth-order valence-electron chi connectivity index (χ4n) is 1.91. The summed E-state index contributed by atoms with van der Waals surface area (Å²) < 4.78 is 73.2. The van der Waals surface area contributed by atoms with Crippen LogP contribution in [0.25, 0.3) is 0 Å². The summed E-state index contributed by atoms with van der Waals surface area (Å²) in [5, 5.41) is 0. The lowest BCUT2D eigenvalue weighted by molar-refractivity contribution is -0.137. The van der Waals surface area contributed by atoms with E-state index in [0.29, 0.717) is 13.2 Å². The quantitative estimate of drug-likeness (QED) is 0.673. The molecule has 0 atom stereocenters. The van der Waals surface area contributed by atoms with Gasteiger partial charge >= 0.3 is 6.18 Å². The normalized spacial score (nSPS) is 12.7. The number of hydrogen-bond donors (Lipinski definition) is 0. The Kier molecular flexibility index (Phi) is 6.84. The highest BCUT2D eigenvalue weighted by molar-refractivity contribution is 7.92. The number of rotatable bonds is 8. The van der Waals surface area contributed by atoms with Crippen LogP contribution < -0.4 is 4.31 Å². The van der Waals surface area contributed by atoms with Crippen molar-refractivity contribution < 1.29 is 31.1 Å². The van der Waals surface area contributed by atoms with Crippen molar-refractivity contribution >= 4 is 15.7 Å². The number of ether oxygens (including phenoxy) is 2. The minimum absolute atomic E-state index is 0.116. The van der Waals surface area contributed by atoms with E-state index in [1.807, 2.05) is 0 Å². The summed E-state index contributed by atoms with van der Waals surface area (Å²) in [4.78, 5) is 0. The van der Waals surface area contributed by atoms with Gasteiger partial charge in [0.05, 0.1) is 24.1 Å². The summed E-state index contributed by atoms with van der Waals surface area (Å²) in [5.41, 5.74) is -0.731. The molecule has 9 heteroatoms. The Bertz CT molecular complexity index is 581. The zero-order valence-corrected chi connectivity index (χ0v) is 13.9. The molecule has 0 aromatic heterocycles. The largest absolute Gasteiger partial charge is 0.416 e. The topological polar surface area (TPSA) is 55.8 Å². The van der Waals surface area contributed by atoms with Crippen LogP contribution in [0.5, 0.6) is 0 Å². The number of anilines is 1. The lowest BCUT2D eigenvalue weighted by atomic mass is 10.2. The van der Waals surface area contributed by atoms with Crippen LogP contribution in [0.2, 0.25) is 0 Å². The number of hydrogen-bond acceptors (Lipinski definition) is 4. The van der Waals surface area contributed by atoms with Gasteiger partial charge in [0, 0.05) is 13.2 Å². The van der Waals surface area contributed by atoms with Crippen molar-refractivity contribution in [1.82, 2.24) is 0 Å². The molecule has 5 nitrogen and oxygen atoms in total. The molecule has 23 heavy (non-hydrogen) atoms. The molecule has 0 saturated heterocycles. The Hall–Kier alpha value is -1.32. The molecule has 1 aromatic carbocycles. The molecule has 0 aliphatic heterocycles. The van der Waals surface area contributed by atoms with Crippen LogP contribution in [0, 0.1) is 0 Å². The molecule has 1 aromatic rings. The van der Waals surface area contributed by atoms with Gasteiger partial charge in [-0.2, -0.15) is 13.2 Å². The van der Waals surface area contributed by atoms with Gasteiger partial charge in [0.15, 0.2) is 6.29 Å². The highest BCUT2D eigenvalue weighted by Gasteiger charge is 2.31. The summed E-state index contributed by atoms with van der Waals surface area (Å²) in [6, 6.07) is 3.89. The number of sulfonamides is 1. The predicted octanol–water partition coefficient (Wildman–Crippen LogP) is 2.87. The van der Waals surface area contributed by atoms with Gasteiger partial charge in [-0.25, -0.2) is 8.42 Å². The number of halogens is 3. The summed E-state index contributed by atoms with van der Waals surface area (Å²) >= 11 is 0. The predicted molar refractivity (Wildman–Crippen MR) is 80.7 cm³/mol. The maximum atomic E-state index is 12.6. The SMILES string of the molecule is CCOC(CN(c1ccc(C(F)(F)F)cc1)S(C)(=O)=O)OCC. The third-order valence-electron chi connectivity index (χ3n) is 2.90. The molecule has 0 aliphatic rings. The average molecular weight is 355 g/mol. The summed E-state index contributed by atoms with van der Waals surface area (Å²) in [5.74, 6) is 0. The first-order chi connectivity index (χ1) is 10.6. The molecule has 0 spiro atoms. The van der Waals surface area contributed by atoms with E-state index in [-0.39, 0.29) is 12.2 Å². The Labute approximate surface area is 134 Å². The zero-order valence-electron chi connectivity index (χ0n) is 13.1. The number of nitrogens with zero attached hydrogens (tertiary/aromatic N) is 1. The maximum Gasteiger partial charge on any atom is 0.416 e. The average Bonchev–Trinajstić information content (AvgIpc) is 2.43. The fourth-order valence-corrected chi connectivity index (χ4v) is 2.81. The lowest BCUT2D eigenvalue weighted by Gasteiger charge is -2.27. The highest BCUT2D eigenvalue weighted by Crippen LogP contribution is 2.31. The first kappa shape index (κ1) is 19.7. The van der Waals surface area contributed by atoms with E-state index >= 15 is 0 Å². The van der Waals surface area contributed by atoms with Crippen LogP contribution in [0.4, 0.5) is 18.9 Å². The zero-order chi connectivity index (χ0) is 17.7. The van der Waals surface area contributed by atoms with E-state index in [9.17, 15) is 21.6 Å². The van der Waals surface area contributed by atoms with E-state index < -0.39 is 28.1 Å². The molecule has 0 radical (unpaired) electrons. The monoisotopic (exact) mass is 355 g/mol. The van der Waals surface area contributed by atoms with Gasteiger partial charge in [-0.1, -0.05) is 0 Å². The van der Waals surface area contributed by atoms with Gasteiger partial charge in [-0.15, -0.1) is 0 Å². The van der Waals surface area contributed by atoms with Crippen LogP contribution in [0.15, 0.2) is 24.3 Å². The molecule has 0 heterocycles. The van der Waals surface area contributed by atoms with E-state index in [0.717, 1.165) is 34.8 Å². The van der Waals surface area contributed by atoms with Crippen LogP contribution in [0.1, 0.15) is 19.4 Å². The van der Waals surface area contributed by atoms with E-state index in [4.69, 9.17) is 9.47 Å². The van der Waals surface area contributed by atoms with Gasteiger partial charge in [-0.3, -0.25) is 4.31 Å². The van der Waals surface area contributed by atoms with E-state index in [1.165, 1.54) is 0 Å². The van der Waals surface area contributed by atoms with Gasteiger partial charge in [0.1, 0.15) is 0 Å². The standard InChI is InChI=1S/C14H20F3NO4S/c1-4-21-13(22-5-2)10-18(23(3,19)20)12-8-6-11(7-9-12)14(15,16)17/h6-9,13H,4-5,10H2,1-3H3. The molecular weight excluding hydrogens is 335 g/mol. The van der Waals surface area contributed by atoms with Gasteiger partial charge in [-0.05, 0) is 38.1 Å². The fraction of sp³-hybridized carbons (Fsp3) is 0.571. The molecule has 0 saturated carbocycles. The Morgan fingerprint density at radius 3 is 1.91 bits per heavy atom. The third-order valence-corrected chi connectivity index (χ3v) is 4.06. The van der Waals surface area contributed by atoms with Crippen LogP contribution >= 0.6 is 0 Å². The van der Waals surface area contributed by atoms with Crippen LogP contribution in [-0.4, -0.2) is 40.7 Å². The molecule has 0 fully saturated rings. The van der Waals surface area contributed by atoms with Crippen LogP contribution in [-0.2, 0) is 25.7 Å². The molecular formula is C14H20F3NO4S.